The molecule has 0 spiro atoms. The summed E-state index contributed by atoms with van der Waals surface area (Å²) >= 11 is 37.1. The van der Waals surface area contributed by atoms with Gasteiger partial charge in [-0.05, 0) is 47.5 Å². The SMILES string of the molecule is O=C(Cc1c(F)ccc(CC(=O)C(F)F)c1F)c1cc(NC(=O)[C@H]2[C@H](c3cc(Cl)c(Cl)c(Cl)c3)C2(Cl)Cl)ccc1Cl. The van der Waals surface area contributed by atoms with Gasteiger partial charge in [-0.2, -0.15) is 0 Å². The average molecular weight is 690 g/mol. The Bertz CT molecular complexity index is 1560. The van der Waals surface area contributed by atoms with E-state index in [2.05, 4.69) is 5.32 Å². The van der Waals surface area contributed by atoms with Crippen LogP contribution in [0.3, 0.4) is 0 Å². The molecule has 0 heterocycles. The molecule has 1 aliphatic carbocycles. The maximum absolute atomic E-state index is 14.9. The first-order valence-corrected chi connectivity index (χ1v) is 13.8. The van der Waals surface area contributed by atoms with E-state index in [1.54, 1.807) is 0 Å². The molecule has 1 aliphatic rings. The van der Waals surface area contributed by atoms with E-state index in [9.17, 15) is 31.9 Å². The number of nitrogens with one attached hydrogen (secondary N) is 1. The van der Waals surface area contributed by atoms with Crippen molar-refractivity contribution >= 4 is 92.8 Å². The molecule has 0 aliphatic heterocycles. The third-order valence-corrected chi connectivity index (χ3v) is 8.91. The molecule has 1 saturated carbocycles. The highest BCUT2D eigenvalue weighted by Gasteiger charge is 2.67. The quantitative estimate of drug-likeness (QED) is 0.106. The van der Waals surface area contributed by atoms with Crippen LogP contribution in [-0.4, -0.2) is 28.2 Å². The first kappa shape index (κ1) is 31.9. The van der Waals surface area contributed by atoms with Crippen LogP contribution in [0.5, 0.6) is 0 Å². The Kier molecular flexibility index (Phi) is 9.53. The molecule has 1 fully saturated rings. The number of anilines is 1. The van der Waals surface area contributed by atoms with E-state index in [1.165, 1.54) is 30.3 Å². The van der Waals surface area contributed by atoms with E-state index in [0.717, 1.165) is 12.1 Å². The molecule has 0 bridgehead atoms. The summed E-state index contributed by atoms with van der Waals surface area (Å²) in [6, 6.07) is 8.47. The smallest absolute Gasteiger partial charge is 0.296 e. The Morgan fingerprint density at radius 2 is 1.51 bits per heavy atom. The maximum Gasteiger partial charge on any atom is 0.296 e. The molecule has 3 aromatic rings. The number of carbonyl (C=O) groups is 3. The first-order chi connectivity index (χ1) is 19.1. The predicted octanol–water partition coefficient (Wildman–Crippen LogP) is 8.91. The van der Waals surface area contributed by atoms with Crippen LogP contribution in [0.15, 0.2) is 42.5 Å². The van der Waals surface area contributed by atoms with Crippen LogP contribution < -0.4 is 5.32 Å². The summed E-state index contributed by atoms with van der Waals surface area (Å²) in [5.74, 6) is -7.07. The number of Topliss-reactive ketones (excluding diaryl/α,β-unsaturated/α-hetero) is 2. The van der Waals surface area contributed by atoms with Crippen LogP contribution in [0.4, 0.5) is 23.2 Å². The molecule has 0 radical (unpaired) electrons. The second-order valence-corrected chi connectivity index (χ2v) is 12.2. The summed E-state index contributed by atoms with van der Waals surface area (Å²) in [7, 11) is 0. The first-order valence-electron chi connectivity index (χ1n) is 11.6. The van der Waals surface area contributed by atoms with Gasteiger partial charge >= 0.3 is 0 Å². The van der Waals surface area contributed by atoms with Gasteiger partial charge in [0.15, 0.2) is 5.78 Å². The Labute approximate surface area is 260 Å². The molecule has 1 N–H and O–H groups in total. The molecule has 4 nitrogen and oxygen atoms in total. The number of alkyl halides is 4. The van der Waals surface area contributed by atoms with Crippen molar-refractivity contribution in [2.24, 2.45) is 5.92 Å². The lowest BCUT2D eigenvalue weighted by atomic mass is 9.98. The van der Waals surface area contributed by atoms with Crippen molar-refractivity contribution in [2.75, 3.05) is 5.32 Å². The highest BCUT2D eigenvalue weighted by molar-refractivity contribution is 6.54. The van der Waals surface area contributed by atoms with Crippen molar-refractivity contribution in [1.82, 2.24) is 0 Å². The molecular weight excluding hydrogens is 675 g/mol. The van der Waals surface area contributed by atoms with Crippen LogP contribution in [0.2, 0.25) is 20.1 Å². The fourth-order valence-corrected chi connectivity index (χ4v) is 5.99. The van der Waals surface area contributed by atoms with Crippen molar-refractivity contribution in [1.29, 1.82) is 0 Å². The highest BCUT2D eigenvalue weighted by atomic mass is 35.5. The molecular formula is C27H15Cl6F4NO3. The van der Waals surface area contributed by atoms with Crippen LogP contribution in [0.25, 0.3) is 0 Å². The van der Waals surface area contributed by atoms with Gasteiger partial charge < -0.3 is 5.32 Å². The number of hydrogen-bond donors (Lipinski definition) is 1. The number of ketones is 2. The number of carbonyl (C=O) groups excluding carboxylic acids is 3. The van der Waals surface area contributed by atoms with Gasteiger partial charge in [0.05, 0.1) is 26.0 Å². The van der Waals surface area contributed by atoms with E-state index in [4.69, 9.17) is 69.6 Å². The van der Waals surface area contributed by atoms with Gasteiger partial charge in [-0.3, -0.25) is 14.4 Å². The maximum atomic E-state index is 14.9. The summed E-state index contributed by atoms with van der Waals surface area (Å²) in [6.45, 7) is 0. The largest absolute Gasteiger partial charge is 0.326 e. The lowest BCUT2D eigenvalue weighted by Gasteiger charge is -2.11. The van der Waals surface area contributed by atoms with Gasteiger partial charge in [0, 0.05) is 35.6 Å². The number of halogens is 10. The number of amides is 1. The van der Waals surface area contributed by atoms with Crippen molar-refractivity contribution < 1.29 is 31.9 Å². The Morgan fingerprint density at radius 3 is 2.12 bits per heavy atom. The molecule has 2 atom stereocenters. The lowest BCUT2D eigenvalue weighted by molar-refractivity contribution is -0.128. The van der Waals surface area contributed by atoms with E-state index >= 15 is 0 Å². The molecule has 41 heavy (non-hydrogen) atoms. The third-order valence-electron chi connectivity index (χ3n) is 6.45. The normalized spacial score (nSPS) is 17.4. The zero-order valence-corrected chi connectivity index (χ0v) is 24.7. The summed E-state index contributed by atoms with van der Waals surface area (Å²) < 4.78 is 53.0. The molecule has 14 heteroatoms. The zero-order valence-electron chi connectivity index (χ0n) is 20.2. The Hall–Kier alpha value is -2.07. The Morgan fingerprint density at radius 1 is 0.878 bits per heavy atom. The highest BCUT2D eigenvalue weighted by Crippen LogP contribution is 2.65. The van der Waals surface area contributed by atoms with Crippen LogP contribution in [-0.2, 0) is 22.4 Å². The van der Waals surface area contributed by atoms with Gasteiger partial charge in [0.25, 0.3) is 6.43 Å². The topological polar surface area (TPSA) is 63.2 Å². The lowest BCUT2D eigenvalue weighted by Crippen LogP contribution is -2.18. The summed E-state index contributed by atoms with van der Waals surface area (Å²) in [5, 5.41) is 2.91. The Balaban J connectivity index is 1.53. The molecule has 3 aromatic carbocycles. The number of hydrogen-bond acceptors (Lipinski definition) is 3. The fourth-order valence-electron chi connectivity index (χ4n) is 4.32. The standard InChI is InChI=1S/C27H15Cl6F4NO3/c28-15-3-2-12(38-26(41)22-21(27(22,32)33)11-5-16(29)23(31)17(30)6-11)8-13(15)19(39)9-14-18(34)4-1-10(24(14)35)7-20(40)25(36)37/h1-6,8,21-22,25H,7,9H2,(H,38,41)/t21-,22+/m0/s1. The van der Waals surface area contributed by atoms with Crippen LogP contribution in [0.1, 0.15) is 33.0 Å². The number of rotatable bonds is 9. The summed E-state index contributed by atoms with van der Waals surface area (Å²) in [6.07, 6.45) is -5.16. The van der Waals surface area contributed by atoms with Crippen LogP contribution >= 0.6 is 69.6 Å². The van der Waals surface area contributed by atoms with Gasteiger partial charge in [0.2, 0.25) is 11.7 Å². The molecule has 0 unspecified atom stereocenters. The average Bonchev–Trinajstić information content (AvgIpc) is 3.49. The second-order valence-electron chi connectivity index (χ2n) is 9.16. The van der Waals surface area contributed by atoms with Crippen LogP contribution in [0, 0.1) is 17.6 Å². The van der Waals surface area contributed by atoms with Crippen molar-refractivity contribution in [2.45, 2.75) is 29.5 Å². The second kappa shape index (κ2) is 12.3. The third kappa shape index (κ3) is 6.63. The minimum atomic E-state index is -3.34. The van der Waals surface area contributed by atoms with E-state index in [0.29, 0.717) is 5.56 Å². The molecule has 0 saturated heterocycles. The minimum absolute atomic E-state index is 0.0865. The van der Waals surface area contributed by atoms with Crippen molar-refractivity contribution in [3.8, 4) is 0 Å². The summed E-state index contributed by atoms with van der Waals surface area (Å²) in [4.78, 5) is 37.4. The van der Waals surface area contributed by atoms with Gasteiger partial charge in [-0.1, -0.05) is 52.5 Å². The van der Waals surface area contributed by atoms with E-state index < -0.39 is 75.7 Å². The molecule has 4 rings (SSSR count). The molecule has 216 valence electrons. The predicted molar refractivity (Wildman–Crippen MR) is 151 cm³/mol. The van der Waals surface area contributed by atoms with Gasteiger partial charge in [-0.15, -0.1) is 23.2 Å². The fraction of sp³-hybridized carbons (Fsp3) is 0.222. The summed E-state index contributed by atoms with van der Waals surface area (Å²) in [5.41, 5.74) is -0.830. The van der Waals surface area contributed by atoms with Crippen molar-refractivity contribution in [3.05, 3.63) is 96.4 Å². The minimum Gasteiger partial charge on any atom is -0.326 e. The van der Waals surface area contributed by atoms with Crippen molar-refractivity contribution in [3.63, 3.8) is 0 Å². The zero-order chi connectivity index (χ0) is 30.4. The van der Waals surface area contributed by atoms with E-state index in [-0.39, 0.29) is 31.3 Å². The molecule has 1 amide bonds. The van der Waals surface area contributed by atoms with E-state index in [1.807, 2.05) is 0 Å². The van der Waals surface area contributed by atoms with Gasteiger partial charge in [0.1, 0.15) is 16.0 Å². The molecule has 0 aromatic heterocycles. The van der Waals surface area contributed by atoms with Gasteiger partial charge in [-0.25, -0.2) is 17.6 Å². The monoisotopic (exact) mass is 687 g/mol. The number of benzene rings is 3.